The van der Waals surface area contributed by atoms with Crippen LogP contribution in [-0.4, -0.2) is 30.4 Å². The summed E-state index contributed by atoms with van der Waals surface area (Å²) in [5.74, 6) is 0. The molecule has 1 unspecified atom stereocenters. The molecule has 1 fully saturated rings. The number of hydrogen-bond acceptors (Lipinski definition) is 4. The van der Waals surface area contributed by atoms with Gasteiger partial charge >= 0.3 is 6.16 Å². The molecule has 1 heterocycles. The molecule has 1 aliphatic rings. The third-order valence-corrected chi connectivity index (χ3v) is 2.60. The van der Waals surface area contributed by atoms with E-state index in [1.165, 1.54) is 0 Å². The van der Waals surface area contributed by atoms with Gasteiger partial charge in [0, 0.05) is 13.1 Å². The van der Waals surface area contributed by atoms with E-state index in [4.69, 9.17) is 9.57 Å². The summed E-state index contributed by atoms with van der Waals surface area (Å²) in [4.78, 5) is 16.4. The van der Waals surface area contributed by atoms with Crippen molar-refractivity contribution in [3.8, 4) is 0 Å². The van der Waals surface area contributed by atoms with Crippen molar-refractivity contribution < 1.29 is 14.4 Å². The van der Waals surface area contributed by atoms with Crippen molar-refractivity contribution in [3.05, 3.63) is 0 Å². The largest absolute Gasteiger partial charge is 0.528 e. The monoisotopic (exact) mass is 215 g/mol. The normalized spacial score (nSPS) is 18.8. The maximum Gasteiger partial charge on any atom is 0.528 e. The Hall–Kier alpha value is -0.770. The summed E-state index contributed by atoms with van der Waals surface area (Å²) >= 11 is 0. The van der Waals surface area contributed by atoms with Crippen LogP contribution in [0.5, 0.6) is 0 Å². The summed E-state index contributed by atoms with van der Waals surface area (Å²) in [5, 5.41) is 1.68. The van der Waals surface area contributed by atoms with Crippen molar-refractivity contribution in [1.29, 1.82) is 0 Å². The molecule has 4 heteroatoms. The topological polar surface area (TPSA) is 38.8 Å². The van der Waals surface area contributed by atoms with E-state index in [9.17, 15) is 4.79 Å². The molecule has 15 heavy (non-hydrogen) atoms. The molecule has 1 aliphatic heterocycles. The van der Waals surface area contributed by atoms with E-state index in [0.29, 0.717) is 0 Å². The number of nitrogens with zero attached hydrogens (tertiary/aromatic N) is 1. The first-order valence-electron chi connectivity index (χ1n) is 5.89. The van der Waals surface area contributed by atoms with Gasteiger partial charge in [-0.25, -0.2) is 4.79 Å². The van der Waals surface area contributed by atoms with Crippen LogP contribution >= 0.6 is 0 Å². The Balaban J connectivity index is 2.20. The molecule has 0 aliphatic carbocycles. The summed E-state index contributed by atoms with van der Waals surface area (Å²) in [7, 11) is 0. The van der Waals surface area contributed by atoms with Crippen LogP contribution in [0.25, 0.3) is 0 Å². The van der Waals surface area contributed by atoms with Crippen molar-refractivity contribution in [2.24, 2.45) is 0 Å². The molecule has 1 atom stereocenters. The van der Waals surface area contributed by atoms with Gasteiger partial charge in [0.25, 0.3) is 0 Å². The Morgan fingerprint density at radius 1 is 1.33 bits per heavy atom. The van der Waals surface area contributed by atoms with Crippen molar-refractivity contribution in [2.75, 3.05) is 13.1 Å². The highest BCUT2D eigenvalue weighted by Gasteiger charge is 2.19. The smallest absolute Gasteiger partial charge is 0.430 e. The third-order valence-electron chi connectivity index (χ3n) is 2.60. The molecule has 0 spiro atoms. The Kier molecular flexibility index (Phi) is 5.47. The first-order chi connectivity index (χ1) is 7.26. The van der Waals surface area contributed by atoms with Crippen LogP contribution in [0.4, 0.5) is 4.79 Å². The fourth-order valence-electron chi connectivity index (χ4n) is 1.71. The van der Waals surface area contributed by atoms with Gasteiger partial charge in [0.15, 0.2) is 0 Å². The van der Waals surface area contributed by atoms with Crippen molar-refractivity contribution in [1.82, 2.24) is 5.06 Å². The van der Waals surface area contributed by atoms with Gasteiger partial charge in [-0.2, -0.15) is 0 Å². The van der Waals surface area contributed by atoms with Crippen LogP contribution in [-0.2, 0) is 9.57 Å². The third kappa shape index (κ3) is 4.51. The highest BCUT2D eigenvalue weighted by atomic mass is 16.8. The first-order valence-corrected chi connectivity index (χ1v) is 5.89. The minimum absolute atomic E-state index is 0.00473. The lowest BCUT2D eigenvalue weighted by molar-refractivity contribution is -0.121. The summed E-state index contributed by atoms with van der Waals surface area (Å²) in [6, 6.07) is 0. The van der Waals surface area contributed by atoms with E-state index in [-0.39, 0.29) is 6.10 Å². The average Bonchev–Trinajstić information content (AvgIpc) is 2.69. The molecule has 88 valence electrons. The number of hydroxylamine groups is 2. The highest BCUT2D eigenvalue weighted by molar-refractivity contribution is 5.59. The van der Waals surface area contributed by atoms with E-state index in [0.717, 1.165) is 45.2 Å². The summed E-state index contributed by atoms with van der Waals surface area (Å²) < 4.78 is 5.20. The van der Waals surface area contributed by atoms with E-state index < -0.39 is 6.16 Å². The van der Waals surface area contributed by atoms with Gasteiger partial charge in [-0.05, 0) is 25.7 Å². The zero-order chi connectivity index (χ0) is 11.1. The first kappa shape index (κ1) is 12.3. The van der Waals surface area contributed by atoms with Gasteiger partial charge < -0.3 is 9.57 Å². The maximum atomic E-state index is 11.4. The number of carbonyl (C=O) groups excluding carboxylic acids is 1. The van der Waals surface area contributed by atoms with Gasteiger partial charge in [-0.1, -0.05) is 20.3 Å². The Morgan fingerprint density at radius 3 is 2.53 bits per heavy atom. The van der Waals surface area contributed by atoms with E-state index in [1.807, 2.05) is 6.92 Å². The van der Waals surface area contributed by atoms with Crippen molar-refractivity contribution >= 4 is 6.16 Å². The Labute approximate surface area is 91.5 Å². The fraction of sp³-hybridized carbons (Fsp3) is 0.909. The second kappa shape index (κ2) is 6.67. The van der Waals surface area contributed by atoms with Crippen LogP contribution in [0.2, 0.25) is 0 Å². The fourth-order valence-corrected chi connectivity index (χ4v) is 1.71. The zero-order valence-electron chi connectivity index (χ0n) is 9.70. The molecule has 0 aromatic rings. The molecule has 0 saturated carbocycles. The Morgan fingerprint density at radius 2 is 2.00 bits per heavy atom. The number of rotatable bonds is 5. The standard InChI is InChI=1S/C11H21NO3/c1-3-7-10(4-2)14-11(13)15-12-8-5-6-9-12/h10H,3-9H2,1-2H3. The molecule has 0 aromatic heterocycles. The zero-order valence-corrected chi connectivity index (χ0v) is 9.70. The molecule has 1 saturated heterocycles. The van der Waals surface area contributed by atoms with E-state index in [1.54, 1.807) is 5.06 Å². The van der Waals surface area contributed by atoms with Crippen LogP contribution in [0.15, 0.2) is 0 Å². The lowest BCUT2D eigenvalue weighted by Gasteiger charge is -2.18. The van der Waals surface area contributed by atoms with Crippen molar-refractivity contribution in [3.63, 3.8) is 0 Å². The lowest BCUT2D eigenvalue weighted by atomic mass is 10.2. The van der Waals surface area contributed by atoms with E-state index in [2.05, 4.69) is 6.92 Å². The molecule has 0 bridgehead atoms. The highest BCUT2D eigenvalue weighted by Crippen LogP contribution is 2.11. The predicted molar refractivity (Wildman–Crippen MR) is 57.4 cm³/mol. The summed E-state index contributed by atoms with van der Waals surface area (Å²) in [5.41, 5.74) is 0. The predicted octanol–water partition coefficient (Wildman–Crippen LogP) is 2.73. The molecule has 0 N–H and O–H groups in total. The second-order valence-corrected chi connectivity index (χ2v) is 3.91. The lowest BCUT2D eigenvalue weighted by Crippen LogP contribution is -2.27. The number of carbonyl (C=O) groups is 1. The van der Waals surface area contributed by atoms with Gasteiger partial charge in [0.05, 0.1) is 0 Å². The number of hydrogen-bond donors (Lipinski definition) is 0. The van der Waals surface area contributed by atoms with Crippen LogP contribution in [0.1, 0.15) is 46.0 Å². The van der Waals surface area contributed by atoms with Gasteiger partial charge in [0.1, 0.15) is 6.10 Å². The Bertz CT molecular complexity index is 190. The number of ether oxygens (including phenoxy) is 1. The SMILES string of the molecule is CCCC(CC)OC(=O)ON1CCCC1. The van der Waals surface area contributed by atoms with Crippen LogP contribution in [0, 0.1) is 0 Å². The molecular formula is C11H21NO3. The van der Waals surface area contributed by atoms with Gasteiger partial charge in [-0.15, -0.1) is 5.06 Å². The molecule has 0 amide bonds. The van der Waals surface area contributed by atoms with Crippen molar-refractivity contribution in [2.45, 2.75) is 52.1 Å². The van der Waals surface area contributed by atoms with Gasteiger partial charge in [-0.3, -0.25) is 0 Å². The molecule has 0 radical (unpaired) electrons. The minimum Gasteiger partial charge on any atom is -0.430 e. The van der Waals surface area contributed by atoms with Crippen LogP contribution < -0.4 is 0 Å². The molecule has 0 aromatic carbocycles. The second-order valence-electron chi connectivity index (χ2n) is 3.91. The summed E-state index contributed by atoms with van der Waals surface area (Å²) in [6.07, 6.45) is 4.44. The quantitative estimate of drug-likeness (QED) is 0.661. The molecular weight excluding hydrogens is 194 g/mol. The summed E-state index contributed by atoms with van der Waals surface area (Å²) in [6.45, 7) is 5.76. The average molecular weight is 215 g/mol. The van der Waals surface area contributed by atoms with Gasteiger partial charge in [0.2, 0.25) is 0 Å². The molecule has 4 nitrogen and oxygen atoms in total. The minimum atomic E-state index is -0.544. The van der Waals surface area contributed by atoms with E-state index >= 15 is 0 Å². The van der Waals surface area contributed by atoms with Crippen LogP contribution in [0.3, 0.4) is 0 Å². The maximum absolute atomic E-state index is 11.4. The molecule has 1 rings (SSSR count).